The van der Waals surface area contributed by atoms with E-state index in [4.69, 9.17) is 14.0 Å². The highest BCUT2D eigenvalue weighted by molar-refractivity contribution is 7.57. The number of phenols is 1. The molecule has 0 spiro atoms. The van der Waals surface area contributed by atoms with Crippen LogP contribution in [0.5, 0.6) is 17.2 Å². The Labute approximate surface area is 178 Å². The van der Waals surface area contributed by atoms with Crippen LogP contribution in [0.1, 0.15) is 36.5 Å². The van der Waals surface area contributed by atoms with Crippen LogP contribution in [0, 0.1) is 13.8 Å². The lowest BCUT2D eigenvalue weighted by molar-refractivity contribution is 0.317. The second kappa shape index (κ2) is 10.7. The summed E-state index contributed by atoms with van der Waals surface area (Å²) in [6.07, 6.45) is 0. The zero-order chi connectivity index (χ0) is 22.3. The molecule has 0 aliphatic rings. The molecule has 9 heteroatoms. The summed E-state index contributed by atoms with van der Waals surface area (Å²) in [5.41, 5.74) is 2.72. The predicted molar refractivity (Wildman–Crippen MR) is 119 cm³/mol. The van der Waals surface area contributed by atoms with Gasteiger partial charge in [-0.2, -0.15) is 0 Å². The smallest absolute Gasteiger partial charge is 0.278 e. The van der Waals surface area contributed by atoms with Gasteiger partial charge in [0, 0.05) is 18.8 Å². The number of hydrogen-bond donors (Lipinski definition) is 3. The molecular formula is C21H32N3O5P. The van der Waals surface area contributed by atoms with E-state index in [1.165, 1.54) is 14.2 Å². The summed E-state index contributed by atoms with van der Waals surface area (Å²) in [6.45, 7) is 8.62. The quantitative estimate of drug-likeness (QED) is 0.444. The van der Waals surface area contributed by atoms with Gasteiger partial charge in [-0.25, -0.2) is 5.09 Å². The van der Waals surface area contributed by atoms with Crippen LogP contribution in [0.2, 0.25) is 0 Å². The van der Waals surface area contributed by atoms with Gasteiger partial charge in [-0.3, -0.25) is 9.55 Å². The summed E-state index contributed by atoms with van der Waals surface area (Å²) in [5.74, 6) is 0.368. The molecule has 0 bridgehead atoms. The number of nitrogens with one attached hydrogen (secondary N) is 2. The molecular weight excluding hydrogens is 405 g/mol. The minimum Gasteiger partial charge on any atom is -0.502 e. The molecule has 8 nitrogen and oxygen atoms in total. The Hall–Kier alpha value is -2.28. The molecule has 2 rings (SSSR count). The summed E-state index contributed by atoms with van der Waals surface area (Å²) in [5, 5.41) is 16.7. The van der Waals surface area contributed by atoms with E-state index >= 15 is 0 Å². The topological polar surface area (TPSA) is 102 Å². The highest BCUT2D eigenvalue weighted by Crippen LogP contribution is 2.58. The standard InChI is InChI=1S/C21H32N3O5P/c1-7-23-30(26,29-8-2)20(13-22-17-10-9-14(3)24-15(17)4)16-11-18(27-5)21(25)19(12-16)28-6/h9-12,20,22,25H,7-8,13H2,1-6H3,(H,23,26). The minimum absolute atomic E-state index is 0.108. The number of anilines is 1. The van der Waals surface area contributed by atoms with Crippen molar-refractivity contribution in [3.05, 3.63) is 41.2 Å². The second-order valence-corrected chi connectivity index (χ2v) is 9.17. The maximum absolute atomic E-state index is 13.8. The van der Waals surface area contributed by atoms with Gasteiger partial charge in [0.05, 0.1) is 37.9 Å². The number of aryl methyl sites for hydroxylation is 2. The summed E-state index contributed by atoms with van der Waals surface area (Å²) in [6, 6.07) is 7.19. The number of aromatic hydroxyl groups is 1. The average molecular weight is 437 g/mol. The van der Waals surface area contributed by atoms with E-state index in [1.807, 2.05) is 32.9 Å². The van der Waals surface area contributed by atoms with Crippen LogP contribution < -0.4 is 19.9 Å². The van der Waals surface area contributed by atoms with Gasteiger partial charge in [-0.15, -0.1) is 0 Å². The molecule has 0 fully saturated rings. The Morgan fingerprint density at radius 2 is 1.77 bits per heavy atom. The Morgan fingerprint density at radius 1 is 1.13 bits per heavy atom. The first-order chi connectivity index (χ1) is 14.3. The summed E-state index contributed by atoms with van der Waals surface area (Å²) in [7, 11) is -0.399. The first-order valence-electron chi connectivity index (χ1n) is 9.91. The minimum atomic E-state index is -3.31. The van der Waals surface area contributed by atoms with Crippen LogP contribution in [0.4, 0.5) is 5.69 Å². The number of rotatable bonds is 11. The lowest BCUT2D eigenvalue weighted by Gasteiger charge is -2.29. The van der Waals surface area contributed by atoms with Gasteiger partial charge >= 0.3 is 0 Å². The number of phenolic OH excluding ortho intramolecular Hbond substituents is 1. The highest BCUT2D eigenvalue weighted by Gasteiger charge is 2.36. The van der Waals surface area contributed by atoms with Crippen molar-refractivity contribution < 1.29 is 23.7 Å². The van der Waals surface area contributed by atoms with Gasteiger partial charge < -0.3 is 24.4 Å². The lowest BCUT2D eigenvalue weighted by atomic mass is 10.1. The maximum Gasteiger partial charge on any atom is 0.278 e. The van der Waals surface area contributed by atoms with Gasteiger partial charge in [-0.05, 0) is 50.6 Å². The van der Waals surface area contributed by atoms with Crippen molar-refractivity contribution in [3.63, 3.8) is 0 Å². The molecule has 166 valence electrons. The molecule has 2 atom stereocenters. The van der Waals surface area contributed by atoms with E-state index in [-0.39, 0.29) is 23.9 Å². The first-order valence-corrected chi connectivity index (χ1v) is 11.6. The predicted octanol–water partition coefficient (Wildman–Crippen LogP) is 4.41. The van der Waals surface area contributed by atoms with E-state index in [2.05, 4.69) is 15.4 Å². The third kappa shape index (κ3) is 5.45. The van der Waals surface area contributed by atoms with E-state index < -0.39 is 13.2 Å². The molecule has 0 aliphatic carbocycles. The van der Waals surface area contributed by atoms with Crippen molar-refractivity contribution in [2.24, 2.45) is 0 Å². The molecule has 1 aromatic heterocycles. The number of ether oxygens (including phenoxy) is 2. The third-order valence-corrected chi connectivity index (χ3v) is 7.41. The second-order valence-electron chi connectivity index (χ2n) is 6.78. The van der Waals surface area contributed by atoms with Gasteiger partial charge in [0.1, 0.15) is 0 Å². The molecule has 30 heavy (non-hydrogen) atoms. The molecule has 0 saturated carbocycles. The summed E-state index contributed by atoms with van der Waals surface area (Å²) >= 11 is 0. The van der Waals surface area contributed by atoms with Gasteiger partial charge in [-0.1, -0.05) is 6.92 Å². The number of benzene rings is 1. The maximum atomic E-state index is 13.8. The van der Waals surface area contributed by atoms with Crippen molar-refractivity contribution in [2.75, 3.05) is 39.2 Å². The lowest BCUT2D eigenvalue weighted by Crippen LogP contribution is -2.23. The zero-order valence-corrected chi connectivity index (χ0v) is 19.4. The van der Waals surface area contributed by atoms with Gasteiger partial charge in [0.25, 0.3) is 7.52 Å². The van der Waals surface area contributed by atoms with E-state index in [1.54, 1.807) is 19.1 Å². The molecule has 0 amide bonds. The monoisotopic (exact) mass is 437 g/mol. The number of hydrogen-bond acceptors (Lipinski definition) is 7. The van der Waals surface area contributed by atoms with Crippen LogP contribution in [0.15, 0.2) is 24.3 Å². The van der Waals surface area contributed by atoms with Crippen LogP contribution in [-0.4, -0.2) is 44.0 Å². The number of methoxy groups -OCH3 is 2. The fraction of sp³-hybridized carbons (Fsp3) is 0.476. The van der Waals surface area contributed by atoms with Gasteiger partial charge in [0.15, 0.2) is 11.5 Å². The number of nitrogens with zero attached hydrogens (tertiary/aromatic N) is 1. The van der Waals surface area contributed by atoms with Crippen molar-refractivity contribution >= 4 is 13.2 Å². The van der Waals surface area contributed by atoms with E-state index in [9.17, 15) is 9.67 Å². The zero-order valence-electron chi connectivity index (χ0n) is 18.5. The number of aromatic nitrogens is 1. The molecule has 1 aromatic carbocycles. The largest absolute Gasteiger partial charge is 0.502 e. The molecule has 0 aliphatic heterocycles. The highest BCUT2D eigenvalue weighted by atomic mass is 31.2. The Morgan fingerprint density at radius 3 is 2.27 bits per heavy atom. The molecule has 2 unspecified atom stereocenters. The molecule has 0 radical (unpaired) electrons. The third-order valence-electron chi connectivity index (χ3n) is 4.71. The summed E-state index contributed by atoms with van der Waals surface area (Å²) in [4.78, 5) is 4.47. The fourth-order valence-electron chi connectivity index (χ4n) is 3.28. The van der Waals surface area contributed by atoms with Crippen molar-refractivity contribution in [1.29, 1.82) is 0 Å². The molecule has 1 heterocycles. The average Bonchev–Trinajstić information content (AvgIpc) is 2.70. The van der Waals surface area contributed by atoms with Crippen LogP contribution >= 0.6 is 7.52 Å². The van der Waals surface area contributed by atoms with Crippen molar-refractivity contribution in [2.45, 2.75) is 33.4 Å². The van der Waals surface area contributed by atoms with Crippen molar-refractivity contribution in [3.8, 4) is 17.2 Å². The number of pyridine rings is 1. The Bertz CT molecular complexity index is 871. The van der Waals surface area contributed by atoms with Crippen LogP contribution in [0.3, 0.4) is 0 Å². The Balaban J connectivity index is 2.52. The SMILES string of the molecule is CCNP(=O)(OCC)C(CNc1ccc(C)nc1C)c1cc(OC)c(O)c(OC)c1. The fourth-order valence-corrected chi connectivity index (χ4v) is 5.47. The molecule has 2 aromatic rings. The molecule has 3 N–H and O–H groups in total. The van der Waals surface area contributed by atoms with E-state index in [0.29, 0.717) is 18.7 Å². The summed E-state index contributed by atoms with van der Waals surface area (Å²) < 4.78 is 30.2. The van der Waals surface area contributed by atoms with Crippen LogP contribution in [0.25, 0.3) is 0 Å². The first kappa shape index (κ1) is 24.0. The van der Waals surface area contributed by atoms with Crippen LogP contribution in [-0.2, 0) is 9.09 Å². The van der Waals surface area contributed by atoms with E-state index in [0.717, 1.165) is 17.1 Å². The Kier molecular flexibility index (Phi) is 8.53. The van der Waals surface area contributed by atoms with Crippen molar-refractivity contribution in [1.82, 2.24) is 10.1 Å². The normalized spacial score (nSPS) is 14.1. The molecule has 0 saturated heterocycles. The van der Waals surface area contributed by atoms with Gasteiger partial charge in [0.2, 0.25) is 5.75 Å².